The molecule has 2 N–H and O–H groups in total. The highest BCUT2D eigenvalue weighted by Gasteiger charge is 2.50. The van der Waals surface area contributed by atoms with E-state index < -0.39 is 54.3 Å². The second-order valence-corrected chi connectivity index (χ2v) is 7.24. The average molecular weight is 452 g/mol. The number of H-pyrrole nitrogens is 1. The fourth-order valence-electron chi connectivity index (χ4n) is 3.51. The second kappa shape index (κ2) is 9.63. The van der Waals surface area contributed by atoms with E-state index in [2.05, 4.69) is 4.98 Å². The van der Waals surface area contributed by atoms with Crippen LogP contribution in [0.15, 0.2) is 82.5 Å². The smallest absolute Gasteiger partial charge is 0.338 e. The summed E-state index contributed by atoms with van der Waals surface area (Å²) in [5, 5.41) is 9.86. The van der Waals surface area contributed by atoms with Gasteiger partial charge in [-0.05, 0) is 24.3 Å². The molecule has 0 spiro atoms. The number of ether oxygens (including phenoxy) is 3. The minimum Gasteiger partial charge on any atom is -0.452 e. The van der Waals surface area contributed by atoms with Crippen LogP contribution in [0.5, 0.6) is 0 Å². The molecule has 170 valence electrons. The summed E-state index contributed by atoms with van der Waals surface area (Å²) in [6, 6.07) is 17.3. The molecule has 0 aliphatic carbocycles. The van der Waals surface area contributed by atoms with Gasteiger partial charge in [-0.15, -0.1) is 0 Å². The van der Waals surface area contributed by atoms with Gasteiger partial charge in [0, 0.05) is 12.3 Å². The largest absolute Gasteiger partial charge is 0.452 e. The zero-order chi connectivity index (χ0) is 23.4. The van der Waals surface area contributed by atoms with E-state index in [9.17, 15) is 24.3 Å². The number of aromatic nitrogens is 2. The lowest BCUT2D eigenvalue weighted by atomic mass is 10.1. The van der Waals surface area contributed by atoms with E-state index >= 15 is 0 Å². The molecule has 2 aromatic carbocycles. The van der Waals surface area contributed by atoms with Crippen LogP contribution < -0.4 is 11.2 Å². The molecular weight excluding hydrogens is 432 g/mol. The molecule has 1 aliphatic rings. The molecule has 0 saturated carbocycles. The van der Waals surface area contributed by atoms with Gasteiger partial charge in [0.2, 0.25) is 0 Å². The molecule has 10 heteroatoms. The van der Waals surface area contributed by atoms with Crippen LogP contribution in [-0.2, 0) is 14.2 Å². The monoisotopic (exact) mass is 452 g/mol. The number of aliphatic hydroxyl groups is 1. The van der Waals surface area contributed by atoms with E-state index in [-0.39, 0.29) is 11.1 Å². The number of rotatable bonds is 6. The summed E-state index contributed by atoms with van der Waals surface area (Å²) in [7, 11) is 0. The van der Waals surface area contributed by atoms with Crippen LogP contribution in [0, 0.1) is 0 Å². The fourth-order valence-corrected chi connectivity index (χ4v) is 3.51. The second-order valence-electron chi connectivity index (χ2n) is 7.24. The topological polar surface area (TPSA) is 137 Å². The number of hydrogen-bond donors (Lipinski definition) is 2. The standard InChI is InChI=1S/C23H20N2O8/c26-13-16-18(32-21(28)14-7-3-1-4-8-14)19(33-22(29)15-9-5-2-6-10-15)20(31-16)25-12-11-17(27)24-23(25)30/h1-12,16,18-20,26H,13H2,(H,24,27,30)/t16-,18+,19+,20+/m0/s1. The van der Waals surface area contributed by atoms with E-state index in [0.717, 1.165) is 10.6 Å². The first kappa shape index (κ1) is 22.2. The van der Waals surface area contributed by atoms with Crippen molar-refractivity contribution >= 4 is 11.9 Å². The van der Waals surface area contributed by atoms with Crippen LogP contribution >= 0.6 is 0 Å². The van der Waals surface area contributed by atoms with Gasteiger partial charge >= 0.3 is 17.6 Å². The Morgan fingerprint density at radius 1 is 0.879 bits per heavy atom. The summed E-state index contributed by atoms with van der Waals surface area (Å²) in [5.74, 6) is -1.47. The lowest BCUT2D eigenvalue weighted by Gasteiger charge is -2.24. The normalized spacial score (nSPS) is 22.0. The highest BCUT2D eigenvalue weighted by molar-refractivity contribution is 5.90. The van der Waals surface area contributed by atoms with E-state index in [0.29, 0.717) is 0 Å². The van der Waals surface area contributed by atoms with E-state index in [1.54, 1.807) is 48.5 Å². The lowest BCUT2D eigenvalue weighted by molar-refractivity contribution is -0.0604. The van der Waals surface area contributed by atoms with Gasteiger partial charge in [0.15, 0.2) is 18.4 Å². The van der Waals surface area contributed by atoms with Gasteiger partial charge in [-0.3, -0.25) is 14.3 Å². The SMILES string of the molecule is O=C(O[C@@H]1[C@H](OC(=O)c2ccccc2)[C@H](CO)O[C@H]1n1ccc(=O)[nH]c1=O)c1ccccc1. The molecule has 0 amide bonds. The highest BCUT2D eigenvalue weighted by atomic mass is 16.6. The Balaban J connectivity index is 1.70. The Hall–Kier alpha value is -4.02. The Labute approximate surface area is 187 Å². The zero-order valence-electron chi connectivity index (χ0n) is 17.2. The maximum atomic E-state index is 12.8. The van der Waals surface area contributed by atoms with Crippen LogP contribution in [0.25, 0.3) is 0 Å². The summed E-state index contributed by atoms with van der Waals surface area (Å²) in [6.45, 7) is -0.583. The van der Waals surface area contributed by atoms with Crippen molar-refractivity contribution in [1.29, 1.82) is 0 Å². The fraction of sp³-hybridized carbons (Fsp3) is 0.217. The van der Waals surface area contributed by atoms with Gasteiger partial charge in [0.1, 0.15) is 6.10 Å². The zero-order valence-corrected chi connectivity index (χ0v) is 17.2. The third kappa shape index (κ3) is 4.76. The molecule has 2 heterocycles. The van der Waals surface area contributed by atoms with Crippen molar-refractivity contribution in [1.82, 2.24) is 9.55 Å². The van der Waals surface area contributed by atoms with E-state index in [1.807, 2.05) is 0 Å². The van der Waals surface area contributed by atoms with Crippen LogP contribution in [0.3, 0.4) is 0 Å². The molecule has 0 radical (unpaired) electrons. The molecule has 4 atom stereocenters. The van der Waals surface area contributed by atoms with Crippen LogP contribution in [0.1, 0.15) is 26.9 Å². The van der Waals surface area contributed by atoms with Crippen molar-refractivity contribution in [2.24, 2.45) is 0 Å². The summed E-state index contributed by atoms with van der Waals surface area (Å²) in [4.78, 5) is 51.5. The number of hydrogen-bond acceptors (Lipinski definition) is 8. The summed E-state index contributed by atoms with van der Waals surface area (Å²) in [6.07, 6.45) is -3.74. The average Bonchev–Trinajstić information content (AvgIpc) is 3.16. The van der Waals surface area contributed by atoms with Gasteiger partial charge in [0.25, 0.3) is 5.56 Å². The maximum absolute atomic E-state index is 12.8. The predicted molar refractivity (Wildman–Crippen MR) is 114 cm³/mol. The predicted octanol–water partition coefficient (Wildman–Crippen LogP) is 0.877. The van der Waals surface area contributed by atoms with Gasteiger partial charge in [0.05, 0.1) is 17.7 Å². The summed E-state index contributed by atoms with van der Waals surface area (Å²) >= 11 is 0. The lowest BCUT2D eigenvalue weighted by Crippen LogP contribution is -2.42. The molecule has 4 rings (SSSR count). The minimum absolute atomic E-state index is 0.227. The van der Waals surface area contributed by atoms with Crippen molar-refractivity contribution < 1.29 is 28.9 Å². The molecule has 0 bridgehead atoms. The number of carbonyl (C=O) groups excluding carboxylic acids is 2. The number of benzene rings is 2. The number of nitrogens with one attached hydrogen (secondary N) is 1. The molecule has 1 aliphatic heterocycles. The number of aliphatic hydroxyl groups excluding tert-OH is 1. The van der Waals surface area contributed by atoms with Crippen molar-refractivity contribution in [3.05, 3.63) is 105 Å². The maximum Gasteiger partial charge on any atom is 0.338 e. The molecule has 1 saturated heterocycles. The molecule has 1 fully saturated rings. The third-order valence-corrected chi connectivity index (χ3v) is 5.10. The van der Waals surface area contributed by atoms with Gasteiger partial charge in [-0.25, -0.2) is 14.4 Å². The van der Waals surface area contributed by atoms with Crippen molar-refractivity contribution in [2.45, 2.75) is 24.5 Å². The van der Waals surface area contributed by atoms with Crippen molar-refractivity contribution in [3.63, 3.8) is 0 Å². The first-order chi connectivity index (χ1) is 16.0. The molecule has 10 nitrogen and oxygen atoms in total. The van der Waals surface area contributed by atoms with Crippen molar-refractivity contribution in [2.75, 3.05) is 6.61 Å². The molecule has 0 unspecified atom stereocenters. The van der Waals surface area contributed by atoms with Crippen LogP contribution in [-0.4, -0.2) is 51.5 Å². The molecular formula is C23H20N2O8. The molecule has 1 aromatic heterocycles. The Morgan fingerprint density at radius 2 is 1.42 bits per heavy atom. The van der Waals surface area contributed by atoms with E-state index in [1.165, 1.54) is 18.3 Å². The Morgan fingerprint density at radius 3 is 1.94 bits per heavy atom. The Kier molecular flexibility index (Phi) is 6.48. The number of esters is 2. The van der Waals surface area contributed by atoms with Gasteiger partial charge in [-0.2, -0.15) is 0 Å². The van der Waals surface area contributed by atoms with Crippen LogP contribution in [0.2, 0.25) is 0 Å². The number of nitrogens with zero attached hydrogens (tertiary/aromatic N) is 1. The quantitative estimate of drug-likeness (QED) is 0.526. The van der Waals surface area contributed by atoms with Gasteiger partial charge in [-0.1, -0.05) is 36.4 Å². The summed E-state index contributed by atoms with van der Waals surface area (Å²) < 4.78 is 18.0. The van der Waals surface area contributed by atoms with Crippen LogP contribution in [0.4, 0.5) is 0 Å². The minimum atomic E-state index is -1.30. The third-order valence-electron chi connectivity index (χ3n) is 5.10. The van der Waals surface area contributed by atoms with Gasteiger partial charge < -0.3 is 19.3 Å². The van der Waals surface area contributed by atoms with Crippen molar-refractivity contribution in [3.8, 4) is 0 Å². The first-order valence-corrected chi connectivity index (χ1v) is 10.1. The number of carbonyl (C=O) groups is 2. The first-order valence-electron chi connectivity index (χ1n) is 10.1. The molecule has 3 aromatic rings. The summed E-state index contributed by atoms with van der Waals surface area (Å²) in [5.41, 5.74) is -0.976. The van der Waals surface area contributed by atoms with E-state index in [4.69, 9.17) is 14.2 Å². The Bertz CT molecular complexity index is 1240. The number of aromatic amines is 1. The highest BCUT2D eigenvalue weighted by Crippen LogP contribution is 2.34. The molecule has 33 heavy (non-hydrogen) atoms.